The number of hydrogen-bond donors (Lipinski definition) is 1. The fourth-order valence-electron chi connectivity index (χ4n) is 1.67. The van der Waals surface area contributed by atoms with Crippen molar-refractivity contribution in [3.8, 4) is 5.75 Å². The lowest BCUT2D eigenvalue weighted by atomic mass is 9.85. The summed E-state index contributed by atoms with van der Waals surface area (Å²) in [4.78, 5) is 0. The molecule has 1 rings (SSSR count). The van der Waals surface area contributed by atoms with Crippen LogP contribution >= 0.6 is 0 Å². The van der Waals surface area contributed by atoms with Crippen LogP contribution in [0.5, 0.6) is 5.75 Å². The largest absolute Gasteiger partial charge is 0.494 e. The Morgan fingerprint density at radius 1 is 1.31 bits per heavy atom. The first-order valence-corrected chi connectivity index (χ1v) is 5.81. The highest BCUT2D eigenvalue weighted by Gasteiger charge is 2.20. The lowest BCUT2D eigenvalue weighted by Crippen LogP contribution is -2.14. The first kappa shape index (κ1) is 13.0. The summed E-state index contributed by atoms with van der Waals surface area (Å²) >= 11 is 0. The number of benzene rings is 1. The minimum Gasteiger partial charge on any atom is -0.494 e. The van der Waals surface area contributed by atoms with Crippen molar-refractivity contribution in [1.82, 2.24) is 0 Å². The van der Waals surface area contributed by atoms with E-state index < -0.39 is 6.10 Å². The predicted octanol–water partition coefficient (Wildman–Crippen LogP) is 3.44. The van der Waals surface area contributed by atoms with Gasteiger partial charge in [0.15, 0.2) is 0 Å². The number of hydrogen-bond acceptors (Lipinski definition) is 2. The maximum Gasteiger partial charge on any atom is 0.123 e. The smallest absolute Gasteiger partial charge is 0.123 e. The summed E-state index contributed by atoms with van der Waals surface area (Å²) in [7, 11) is 0. The van der Waals surface area contributed by atoms with E-state index in [0.29, 0.717) is 6.61 Å². The SMILES string of the molecule is CCOc1ccc(C(C)O)cc1C(C)(C)C. The molecule has 0 aromatic heterocycles. The Bertz CT molecular complexity index is 348. The summed E-state index contributed by atoms with van der Waals surface area (Å²) in [5, 5.41) is 9.59. The van der Waals surface area contributed by atoms with Crippen molar-refractivity contribution in [3.63, 3.8) is 0 Å². The van der Waals surface area contributed by atoms with Crippen molar-refractivity contribution in [2.45, 2.75) is 46.1 Å². The molecule has 0 bridgehead atoms. The summed E-state index contributed by atoms with van der Waals surface area (Å²) < 4.78 is 5.62. The molecular formula is C14H22O2. The third-order valence-electron chi connectivity index (χ3n) is 2.59. The Labute approximate surface area is 98.3 Å². The van der Waals surface area contributed by atoms with E-state index in [4.69, 9.17) is 4.74 Å². The molecule has 0 saturated heterocycles. The maximum absolute atomic E-state index is 9.59. The van der Waals surface area contributed by atoms with Gasteiger partial charge in [0.1, 0.15) is 5.75 Å². The van der Waals surface area contributed by atoms with Crippen molar-refractivity contribution >= 4 is 0 Å². The average Bonchev–Trinajstić information content (AvgIpc) is 2.16. The standard InChI is InChI=1S/C14H22O2/c1-6-16-13-8-7-11(10(2)15)9-12(13)14(3,4)5/h7-10,15H,6H2,1-5H3. The number of aliphatic hydroxyl groups excluding tert-OH is 1. The molecule has 0 amide bonds. The van der Waals surface area contributed by atoms with Gasteiger partial charge in [-0.05, 0) is 42.5 Å². The van der Waals surface area contributed by atoms with Gasteiger partial charge in [-0.3, -0.25) is 0 Å². The summed E-state index contributed by atoms with van der Waals surface area (Å²) in [6, 6.07) is 5.91. The Morgan fingerprint density at radius 2 is 1.94 bits per heavy atom. The van der Waals surface area contributed by atoms with Crippen LogP contribution in [-0.4, -0.2) is 11.7 Å². The van der Waals surface area contributed by atoms with Crippen LogP contribution in [0.3, 0.4) is 0 Å². The average molecular weight is 222 g/mol. The van der Waals surface area contributed by atoms with Gasteiger partial charge in [0.2, 0.25) is 0 Å². The number of ether oxygens (including phenoxy) is 1. The predicted molar refractivity (Wildman–Crippen MR) is 66.9 cm³/mol. The Morgan fingerprint density at radius 3 is 2.38 bits per heavy atom. The van der Waals surface area contributed by atoms with E-state index in [-0.39, 0.29) is 5.41 Å². The van der Waals surface area contributed by atoms with Gasteiger partial charge in [-0.15, -0.1) is 0 Å². The van der Waals surface area contributed by atoms with E-state index in [0.717, 1.165) is 16.9 Å². The van der Waals surface area contributed by atoms with Crippen LogP contribution in [-0.2, 0) is 5.41 Å². The van der Waals surface area contributed by atoms with Crippen LogP contribution in [0, 0.1) is 0 Å². The maximum atomic E-state index is 9.59. The minimum atomic E-state index is -0.434. The third-order valence-corrected chi connectivity index (χ3v) is 2.59. The van der Waals surface area contributed by atoms with Gasteiger partial charge < -0.3 is 9.84 Å². The van der Waals surface area contributed by atoms with E-state index in [1.54, 1.807) is 6.92 Å². The molecule has 0 spiro atoms. The minimum absolute atomic E-state index is 0.0232. The van der Waals surface area contributed by atoms with E-state index in [1.807, 2.05) is 25.1 Å². The summed E-state index contributed by atoms with van der Waals surface area (Å²) in [6.07, 6.45) is -0.434. The van der Waals surface area contributed by atoms with E-state index in [2.05, 4.69) is 20.8 Å². The molecule has 0 fully saturated rings. The molecule has 1 atom stereocenters. The molecule has 1 N–H and O–H groups in total. The molecule has 0 radical (unpaired) electrons. The van der Waals surface area contributed by atoms with Crippen molar-refractivity contribution in [2.75, 3.05) is 6.61 Å². The molecular weight excluding hydrogens is 200 g/mol. The van der Waals surface area contributed by atoms with Crippen molar-refractivity contribution in [1.29, 1.82) is 0 Å². The van der Waals surface area contributed by atoms with Crippen LogP contribution in [0.4, 0.5) is 0 Å². The fraction of sp³-hybridized carbons (Fsp3) is 0.571. The molecule has 16 heavy (non-hydrogen) atoms. The second-order valence-electron chi connectivity index (χ2n) is 5.11. The monoisotopic (exact) mass is 222 g/mol. The van der Waals surface area contributed by atoms with Gasteiger partial charge >= 0.3 is 0 Å². The highest BCUT2D eigenvalue weighted by Crippen LogP contribution is 2.33. The fourth-order valence-corrected chi connectivity index (χ4v) is 1.67. The van der Waals surface area contributed by atoms with Gasteiger partial charge in [-0.2, -0.15) is 0 Å². The Balaban J connectivity index is 3.21. The van der Waals surface area contributed by atoms with Crippen LogP contribution in [0.2, 0.25) is 0 Å². The van der Waals surface area contributed by atoms with Crippen molar-refractivity contribution in [2.24, 2.45) is 0 Å². The molecule has 2 nitrogen and oxygen atoms in total. The summed E-state index contributed by atoms with van der Waals surface area (Å²) in [5.74, 6) is 0.916. The zero-order valence-electron chi connectivity index (χ0n) is 10.9. The Kier molecular flexibility index (Phi) is 3.98. The van der Waals surface area contributed by atoms with Crippen molar-refractivity contribution < 1.29 is 9.84 Å². The molecule has 2 heteroatoms. The summed E-state index contributed by atoms with van der Waals surface area (Å²) in [6.45, 7) is 10.9. The normalized spacial score (nSPS) is 13.6. The molecule has 0 heterocycles. The molecule has 0 aliphatic rings. The van der Waals surface area contributed by atoms with E-state index >= 15 is 0 Å². The molecule has 0 aliphatic carbocycles. The lowest BCUT2D eigenvalue weighted by molar-refractivity contribution is 0.199. The Hall–Kier alpha value is -1.02. The van der Waals surface area contributed by atoms with Crippen LogP contribution in [0.25, 0.3) is 0 Å². The van der Waals surface area contributed by atoms with Crippen LogP contribution in [0.1, 0.15) is 51.8 Å². The first-order chi connectivity index (χ1) is 7.36. The zero-order valence-corrected chi connectivity index (χ0v) is 10.9. The lowest BCUT2D eigenvalue weighted by Gasteiger charge is -2.24. The second-order valence-corrected chi connectivity index (χ2v) is 5.11. The molecule has 0 aliphatic heterocycles. The second kappa shape index (κ2) is 4.88. The topological polar surface area (TPSA) is 29.5 Å². The molecule has 1 unspecified atom stereocenters. The highest BCUT2D eigenvalue weighted by molar-refractivity contribution is 5.42. The highest BCUT2D eigenvalue weighted by atomic mass is 16.5. The number of aliphatic hydroxyl groups is 1. The molecule has 90 valence electrons. The quantitative estimate of drug-likeness (QED) is 0.849. The first-order valence-electron chi connectivity index (χ1n) is 5.81. The van der Waals surface area contributed by atoms with Gasteiger partial charge in [0.05, 0.1) is 12.7 Å². The van der Waals surface area contributed by atoms with Crippen LogP contribution in [0.15, 0.2) is 18.2 Å². The van der Waals surface area contributed by atoms with E-state index in [9.17, 15) is 5.11 Å². The zero-order chi connectivity index (χ0) is 12.3. The number of rotatable bonds is 3. The molecule has 1 aromatic rings. The van der Waals surface area contributed by atoms with Gasteiger partial charge in [0.25, 0.3) is 0 Å². The molecule has 1 aromatic carbocycles. The van der Waals surface area contributed by atoms with Gasteiger partial charge in [-0.25, -0.2) is 0 Å². The van der Waals surface area contributed by atoms with E-state index in [1.165, 1.54) is 0 Å². The molecule has 0 saturated carbocycles. The summed E-state index contributed by atoms with van der Waals surface area (Å²) in [5.41, 5.74) is 2.11. The van der Waals surface area contributed by atoms with Crippen LogP contribution < -0.4 is 4.74 Å². The third kappa shape index (κ3) is 2.99. The van der Waals surface area contributed by atoms with Crippen molar-refractivity contribution in [3.05, 3.63) is 29.3 Å². The van der Waals surface area contributed by atoms with Gasteiger partial charge in [-0.1, -0.05) is 26.8 Å². The van der Waals surface area contributed by atoms with Gasteiger partial charge in [0, 0.05) is 0 Å².